The van der Waals surface area contributed by atoms with Crippen molar-refractivity contribution >= 4 is 46.4 Å². The molecule has 7 atom stereocenters. The van der Waals surface area contributed by atoms with Crippen molar-refractivity contribution < 1.29 is 29.3 Å². The Morgan fingerprint density at radius 1 is 1.17 bits per heavy atom. The van der Waals surface area contributed by atoms with Gasteiger partial charge in [-0.2, -0.15) is 0 Å². The maximum atomic E-state index is 13.4. The maximum Gasteiger partial charge on any atom is 0.309 e. The summed E-state index contributed by atoms with van der Waals surface area (Å²) in [4.78, 5) is 47.1. The summed E-state index contributed by atoms with van der Waals surface area (Å²) < 4.78 is 5.98. The Morgan fingerprint density at radius 2 is 1.90 bits per heavy atom. The normalized spacial score (nSPS) is 31.9. The fourth-order valence-corrected chi connectivity index (χ4v) is 7.16. The molecule has 8 nitrogen and oxygen atoms in total. The summed E-state index contributed by atoms with van der Waals surface area (Å²) in [6, 6.07) is 3.56. The Morgan fingerprint density at radius 3 is 2.54 bits per heavy atom. The van der Waals surface area contributed by atoms with E-state index in [9.17, 15) is 24.6 Å². The first-order valence-electron chi connectivity index (χ1n) is 14.4. The highest BCUT2D eigenvalue weighted by Gasteiger charge is 2.52. The van der Waals surface area contributed by atoms with Crippen LogP contribution in [-0.4, -0.2) is 68.2 Å². The molecule has 0 aromatic carbocycles. The molecule has 2 aliphatic rings. The lowest BCUT2D eigenvalue weighted by molar-refractivity contribution is -0.154. The van der Waals surface area contributed by atoms with Gasteiger partial charge in [-0.25, -0.2) is 4.98 Å². The highest BCUT2D eigenvalue weighted by Crippen LogP contribution is 2.41. The standard InChI is InChI=1S/C31H42N2O6S2/c1-17-9-7-10-22-23(33(22)30(38)25-11-8-12-40-25)14-24(18(2)13-21-16-41-20(4)32-21)39-27(35)15-26(34)31(5,6)29(37)19(3)28(17)36/h8,11-13,16-17,19,22-24,26,28,34,36H,7,9-10,14-15H2,1-6H3/t17-,19+,22+,23?,24?,26-,28-,33?/m0/s1. The quantitative estimate of drug-likeness (QED) is 0.363. The number of carbonyl (C=O) groups is 3. The number of rotatable bonds is 3. The number of ether oxygens (including phenoxy) is 1. The predicted molar refractivity (Wildman–Crippen MR) is 161 cm³/mol. The molecule has 10 heteroatoms. The summed E-state index contributed by atoms with van der Waals surface area (Å²) in [6.07, 6.45) is 1.41. The zero-order valence-corrected chi connectivity index (χ0v) is 26.3. The Hall–Kier alpha value is -2.40. The van der Waals surface area contributed by atoms with E-state index >= 15 is 0 Å². The number of hydrogen-bond acceptors (Lipinski definition) is 9. The Kier molecular flexibility index (Phi) is 9.89. The summed E-state index contributed by atoms with van der Waals surface area (Å²) in [5.41, 5.74) is 0.328. The molecule has 2 saturated heterocycles. The van der Waals surface area contributed by atoms with Gasteiger partial charge in [-0.15, -0.1) is 22.7 Å². The molecule has 224 valence electrons. The number of aliphatic hydroxyl groups is 2. The third-order valence-electron chi connectivity index (χ3n) is 8.78. The summed E-state index contributed by atoms with van der Waals surface area (Å²) in [5, 5.41) is 26.8. The highest BCUT2D eigenvalue weighted by molar-refractivity contribution is 7.12. The van der Waals surface area contributed by atoms with Gasteiger partial charge < -0.3 is 19.8 Å². The number of thiophene rings is 1. The van der Waals surface area contributed by atoms with Crippen molar-refractivity contribution in [3.63, 3.8) is 0 Å². The van der Waals surface area contributed by atoms with E-state index in [4.69, 9.17) is 4.74 Å². The first-order valence-corrected chi connectivity index (χ1v) is 16.1. The number of Topliss-reactive ketones (excluding diaryl/α,β-unsaturated/α-hetero) is 1. The van der Waals surface area contributed by atoms with Crippen molar-refractivity contribution in [2.24, 2.45) is 17.3 Å². The summed E-state index contributed by atoms with van der Waals surface area (Å²) in [5.74, 6) is -1.78. The molecule has 2 aromatic rings. The van der Waals surface area contributed by atoms with Crippen molar-refractivity contribution in [2.75, 3.05) is 0 Å². The van der Waals surface area contributed by atoms with E-state index in [0.717, 1.165) is 29.1 Å². The number of cyclic esters (lactones) is 1. The molecule has 0 saturated carbocycles. The van der Waals surface area contributed by atoms with Crippen molar-refractivity contribution in [2.45, 2.75) is 104 Å². The molecule has 2 aliphatic heterocycles. The molecule has 1 amide bonds. The first kappa shape index (κ1) is 31.5. The van der Waals surface area contributed by atoms with Gasteiger partial charge in [-0.05, 0) is 55.7 Å². The van der Waals surface area contributed by atoms with Crippen LogP contribution < -0.4 is 0 Å². The molecular formula is C31H42N2O6S2. The minimum atomic E-state index is -1.28. The zero-order chi connectivity index (χ0) is 30.1. The van der Waals surface area contributed by atoms with Crippen molar-refractivity contribution in [3.05, 3.63) is 44.0 Å². The maximum absolute atomic E-state index is 13.4. The molecule has 0 bridgehead atoms. The van der Waals surface area contributed by atoms with Crippen LogP contribution >= 0.6 is 22.7 Å². The predicted octanol–water partition coefficient (Wildman–Crippen LogP) is 5.27. The van der Waals surface area contributed by atoms with Crippen LogP contribution in [0.3, 0.4) is 0 Å². The lowest BCUT2D eigenvalue weighted by Crippen LogP contribution is -2.45. The Balaban J connectivity index is 1.65. The van der Waals surface area contributed by atoms with Crippen LogP contribution in [0.1, 0.15) is 87.1 Å². The number of esters is 1. The smallest absolute Gasteiger partial charge is 0.309 e. The van der Waals surface area contributed by atoms with Crippen LogP contribution in [0.5, 0.6) is 0 Å². The molecule has 4 rings (SSSR count). The third kappa shape index (κ3) is 7.16. The average molecular weight is 603 g/mol. The largest absolute Gasteiger partial charge is 0.458 e. The summed E-state index contributed by atoms with van der Waals surface area (Å²) >= 11 is 2.94. The van der Waals surface area contributed by atoms with Gasteiger partial charge in [0.2, 0.25) is 0 Å². The van der Waals surface area contributed by atoms with Crippen LogP contribution in [0.15, 0.2) is 28.5 Å². The second kappa shape index (κ2) is 12.9. The first-order chi connectivity index (χ1) is 19.3. The minimum Gasteiger partial charge on any atom is -0.458 e. The second-order valence-electron chi connectivity index (χ2n) is 12.2. The van der Waals surface area contributed by atoms with Gasteiger partial charge in [0.15, 0.2) is 0 Å². The van der Waals surface area contributed by atoms with Gasteiger partial charge in [0.05, 0.1) is 51.7 Å². The van der Waals surface area contributed by atoms with Gasteiger partial charge in [0.1, 0.15) is 11.9 Å². The number of aryl methyl sites for hydroxylation is 1. The van der Waals surface area contributed by atoms with Gasteiger partial charge in [-0.1, -0.05) is 40.2 Å². The van der Waals surface area contributed by atoms with Crippen LogP contribution in [0.25, 0.3) is 6.08 Å². The van der Waals surface area contributed by atoms with Gasteiger partial charge in [0, 0.05) is 17.7 Å². The number of fused-ring (bicyclic) bond motifs is 1. The number of hydrogen-bond donors (Lipinski definition) is 2. The van der Waals surface area contributed by atoms with Crippen molar-refractivity contribution in [3.8, 4) is 0 Å². The SMILES string of the molecule is CC(=Cc1csc(C)n1)C1CC2[C@@H](CCC[C@H](C)[C@H](O)[C@@H](C)C(=O)C(C)(C)[C@@H](O)CC(=O)O1)N2C(=O)c1cccs1. The fourth-order valence-electron chi connectivity index (χ4n) is 5.92. The Labute approximate surface area is 250 Å². The van der Waals surface area contributed by atoms with E-state index in [1.807, 2.05) is 54.6 Å². The average Bonchev–Trinajstić information content (AvgIpc) is 3.25. The molecular weight excluding hydrogens is 560 g/mol. The molecule has 0 spiro atoms. The highest BCUT2D eigenvalue weighted by atomic mass is 32.1. The van der Waals surface area contributed by atoms with Crippen LogP contribution in [0.2, 0.25) is 0 Å². The van der Waals surface area contributed by atoms with Crippen molar-refractivity contribution in [1.29, 1.82) is 0 Å². The number of carbonyl (C=O) groups excluding carboxylic acids is 3. The molecule has 41 heavy (non-hydrogen) atoms. The van der Waals surface area contributed by atoms with Crippen LogP contribution in [0.4, 0.5) is 0 Å². The number of aromatic nitrogens is 1. The number of aliphatic hydroxyl groups excluding tert-OH is 2. The van der Waals surface area contributed by atoms with E-state index in [0.29, 0.717) is 17.7 Å². The molecule has 2 aromatic heterocycles. The number of thiazole rings is 1. The molecule has 0 radical (unpaired) electrons. The van der Waals surface area contributed by atoms with E-state index in [-0.39, 0.29) is 36.1 Å². The third-order valence-corrected chi connectivity index (χ3v) is 10.4. The van der Waals surface area contributed by atoms with Crippen molar-refractivity contribution in [1.82, 2.24) is 9.88 Å². The van der Waals surface area contributed by atoms with Gasteiger partial charge >= 0.3 is 5.97 Å². The summed E-state index contributed by atoms with van der Waals surface area (Å²) in [7, 11) is 0. The topological polar surface area (TPSA) is 117 Å². The molecule has 2 fully saturated rings. The van der Waals surface area contributed by atoms with E-state index in [1.54, 1.807) is 20.8 Å². The van der Waals surface area contributed by atoms with Crippen LogP contribution in [0, 0.1) is 24.2 Å². The molecule has 0 aliphatic carbocycles. The number of amides is 1. The second-order valence-corrected chi connectivity index (χ2v) is 14.2. The molecule has 2 unspecified atom stereocenters. The summed E-state index contributed by atoms with van der Waals surface area (Å²) in [6.45, 7) is 10.7. The lowest BCUT2D eigenvalue weighted by atomic mass is 9.73. The van der Waals surface area contributed by atoms with E-state index < -0.39 is 35.6 Å². The lowest BCUT2D eigenvalue weighted by Gasteiger charge is -2.34. The molecule has 2 N–H and O–H groups in total. The number of ketones is 1. The molecule has 4 heterocycles. The van der Waals surface area contributed by atoms with Gasteiger partial charge in [-0.3, -0.25) is 14.4 Å². The minimum absolute atomic E-state index is 0.0130. The monoisotopic (exact) mass is 602 g/mol. The Bertz CT molecular complexity index is 1270. The van der Waals surface area contributed by atoms with E-state index in [1.165, 1.54) is 22.7 Å². The van der Waals surface area contributed by atoms with E-state index in [2.05, 4.69) is 4.98 Å². The zero-order valence-electron chi connectivity index (χ0n) is 24.7. The van der Waals surface area contributed by atoms with Crippen LogP contribution in [-0.2, 0) is 14.3 Å². The number of nitrogens with zero attached hydrogens (tertiary/aromatic N) is 2. The fraction of sp³-hybridized carbons (Fsp3) is 0.613. The van der Waals surface area contributed by atoms with Gasteiger partial charge in [0.25, 0.3) is 5.91 Å².